The van der Waals surface area contributed by atoms with Gasteiger partial charge in [0.2, 0.25) is 0 Å². The molecule has 0 aliphatic rings. The second kappa shape index (κ2) is 12.5. The Balaban J connectivity index is 0.000000250. The van der Waals surface area contributed by atoms with Crippen molar-refractivity contribution in [2.45, 2.75) is 47.9 Å². The van der Waals surface area contributed by atoms with Crippen molar-refractivity contribution in [1.82, 2.24) is 9.97 Å². The molecule has 0 aliphatic heterocycles. The molecule has 0 aliphatic carbocycles. The summed E-state index contributed by atoms with van der Waals surface area (Å²) in [5.41, 5.74) is 7.28. The Hall–Kier alpha value is -3.63. The summed E-state index contributed by atoms with van der Waals surface area (Å²) < 4.78 is 31.5. The molecule has 0 atom stereocenters. The van der Waals surface area contributed by atoms with Crippen LogP contribution in [0.4, 0.5) is 0 Å². The standard InChI is InChI=1S/C26H24NOS.C12H10N.Ir/c1-15-14-27-22(12-17(15)13-26(3,4)5)20-8-6-7-18-19-9-10-23-21(11-16(2)29-23)25(19)28-24(18)20;1-10-7-8-12(13-9-10)11-5-3-2-4-6-11;/h6-7,9-12,14H,13H2,1-5H3;2-5,7-9H,1H3;/q2*-1;/i1D3;;. The van der Waals surface area contributed by atoms with Crippen LogP contribution in [0, 0.1) is 38.2 Å². The maximum atomic E-state index is 7.95. The number of aromatic nitrogens is 2. The Morgan fingerprint density at radius 1 is 0.837 bits per heavy atom. The zero-order valence-electron chi connectivity index (χ0n) is 27.8. The largest absolute Gasteiger partial charge is 0.500 e. The quantitative estimate of drug-likeness (QED) is 0.168. The van der Waals surface area contributed by atoms with Crippen molar-refractivity contribution in [2.24, 2.45) is 5.41 Å². The molecule has 0 spiro atoms. The second-order valence-corrected chi connectivity index (χ2v) is 13.2. The smallest absolute Gasteiger partial charge is 0.129 e. The van der Waals surface area contributed by atoms with Gasteiger partial charge in [-0.3, -0.25) is 0 Å². The molecule has 0 fully saturated rings. The minimum atomic E-state index is -2.20. The molecule has 3 nitrogen and oxygen atoms in total. The summed E-state index contributed by atoms with van der Waals surface area (Å²) >= 11 is 1.76. The van der Waals surface area contributed by atoms with E-state index in [4.69, 9.17) is 8.53 Å². The summed E-state index contributed by atoms with van der Waals surface area (Å²) in [5, 5.41) is 3.19. The van der Waals surface area contributed by atoms with Gasteiger partial charge in [0.15, 0.2) is 0 Å². The summed E-state index contributed by atoms with van der Waals surface area (Å²) in [6, 6.07) is 30.6. The third-order valence-electron chi connectivity index (χ3n) is 7.08. The van der Waals surface area contributed by atoms with E-state index in [0.717, 1.165) is 49.7 Å². The van der Waals surface area contributed by atoms with Gasteiger partial charge >= 0.3 is 0 Å². The van der Waals surface area contributed by atoms with Crippen LogP contribution in [0.2, 0.25) is 0 Å². The first-order chi connectivity index (χ1) is 21.4. The number of rotatable bonds is 3. The molecule has 7 rings (SSSR count). The van der Waals surface area contributed by atoms with Crippen LogP contribution < -0.4 is 0 Å². The average molecular weight is 762 g/mol. The van der Waals surface area contributed by atoms with Crippen LogP contribution in [-0.4, -0.2) is 9.97 Å². The molecule has 0 saturated carbocycles. The molecule has 0 bridgehead atoms. The first-order valence-corrected chi connectivity index (χ1v) is 14.8. The van der Waals surface area contributed by atoms with Gasteiger partial charge in [0, 0.05) is 57.0 Å². The minimum Gasteiger partial charge on any atom is -0.500 e. The number of thiophene rings is 1. The van der Waals surface area contributed by atoms with Gasteiger partial charge in [0.1, 0.15) is 5.58 Å². The van der Waals surface area contributed by atoms with E-state index in [9.17, 15) is 0 Å². The molecule has 5 heteroatoms. The Bertz CT molecular complexity index is 2130. The number of furan rings is 1. The summed E-state index contributed by atoms with van der Waals surface area (Å²) in [6.45, 7) is 8.25. The van der Waals surface area contributed by atoms with Gasteiger partial charge < -0.3 is 14.4 Å². The normalized spacial score (nSPS) is 12.7. The van der Waals surface area contributed by atoms with E-state index in [-0.39, 0.29) is 25.5 Å². The predicted octanol–water partition coefficient (Wildman–Crippen LogP) is 10.7. The van der Waals surface area contributed by atoms with E-state index >= 15 is 0 Å². The van der Waals surface area contributed by atoms with Crippen LogP contribution in [0.1, 0.15) is 46.5 Å². The van der Waals surface area contributed by atoms with Gasteiger partial charge in [-0.1, -0.05) is 61.5 Å². The van der Waals surface area contributed by atoms with Crippen molar-refractivity contribution < 1.29 is 28.6 Å². The Morgan fingerprint density at radius 2 is 1.65 bits per heavy atom. The summed E-state index contributed by atoms with van der Waals surface area (Å²) in [4.78, 5) is 10.1. The van der Waals surface area contributed by atoms with Gasteiger partial charge in [-0.05, 0) is 67.2 Å². The Kier molecular flexibility index (Phi) is 7.86. The molecule has 0 amide bonds. The fourth-order valence-corrected chi connectivity index (χ4v) is 6.08. The van der Waals surface area contributed by atoms with Gasteiger partial charge in [-0.2, -0.15) is 0 Å². The van der Waals surface area contributed by atoms with Crippen molar-refractivity contribution >= 4 is 43.4 Å². The zero-order chi connectivity index (χ0) is 31.9. The van der Waals surface area contributed by atoms with E-state index in [1.807, 2.05) is 61.7 Å². The average Bonchev–Trinajstić information content (AvgIpc) is 3.56. The first kappa shape index (κ1) is 27.0. The Labute approximate surface area is 275 Å². The molecule has 0 N–H and O–H groups in total. The van der Waals surface area contributed by atoms with Crippen molar-refractivity contribution in [3.63, 3.8) is 0 Å². The van der Waals surface area contributed by atoms with Crippen molar-refractivity contribution in [3.05, 3.63) is 119 Å². The third-order valence-corrected chi connectivity index (χ3v) is 8.10. The maximum absolute atomic E-state index is 7.95. The third kappa shape index (κ3) is 6.65. The minimum absolute atomic E-state index is 0. The zero-order valence-corrected chi connectivity index (χ0v) is 28.0. The first-order valence-electron chi connectivity index (χ1n) is 15.5. The molecular formula is C38H34IrN2OS-2. The van der Waals surface area contributed by atoms with Gasteiger partial charge in [0.05, 0.1) is 5.58 Å². The van der Waals surface area contributed by atoms with Gasteiger partial charge in [-0.25, -0.2) is 0 Å². The van der Waals surface area contributed by atoms with Crippen LogP contribution in [-0.2, 0) is 26.5 Å². The molecule has 1 radical (unpaired) electrons. The van der Waals surface area contributed by atoms with Crippen molar-refractivity contribution in [3.8, 4) is 22.5 Å². The molecular weight excluding hydrogens is 725 g/mol. The van der Waals surface area contributed by atoms with Gasteiger partial charge in [-0.15, -0.1) is 65.4 Å². The monoisotopic (exact) mass is 762 g/mol. The van der Waals surface area contributed by atoms with E-state index in [1.165, 1.54) is 21.3 Å². The Morgan fingerprint density at radius 3 is 2.37 bits per heavy atom. The fourth-order valence-electron chi connectivity index (χ4n) is 5.16. The topological polar surface area (TPSA) is 38.9 Å². The molecule has 0 unspecified atom stereocenters. The van der Waals surface area contributed by atoms with Crippen LogP contribution in [0.25, 0.3) is 54.5 Å². The molecule has 43 heavy (non-hydrogen) atoms. The number of nitrogens with zero attached hydrogens (tertiary/aromatic N) is 2. The van der Waals surface area contributed by atoms with Crippen LogP contribution in [0.5, 0.6) is 0 Å². The van der Waals surface area contributed by atoms with E-state index in [0.29, 0.717) is 17.7 Å². The predicted molar refractivity (Wildman–Crippen MR) is 177 cm³/mol. The summed E-state index contributed by atoms with van der Waals surface area (Å²) in [6.07, 6.45) is 4.01. The summed E-state index contributed by atoms with van der Waals surface area (Å²) in [5.74, 6) is 0. The number of aryl methyl sites for hydroxylation is 3. The van der Waals surface area contributed by atoms with Crippen molar-refractivity contribution in [2.75, 3.05) is 0 Å². The molecule has 3 aromatic carbocycles. The number of hydrogen-bond acceptors (Lipinski definition) is 4. The number of fused-ring (bicyclic) bond motifs is 5. The summed E-state index contributed by atoms with van der Waals surface area (Å²) in [7, 11) is 0. The molecule has 4 heterocycles. The van der Waals surface area contributed by atoms with E-state index < -0.39 is 6.85 Å². The van der Waals surface area contributed by atoms with Crippen LogP contribution >= 0.6 is 11.3 Å². The van der Waals surface area contributed by atoms with Crippen LogP contribution in [0.3, 0.4) is 0 Å². The fraction of sp³-hybridized carbons (Fsp3) is 0.211. The molecule has 219 valence electrons. The molecule has 7 aromatic rings. The SMILES string of the molecule is Cc1ccc(-c2[c-]cccc2)nc1.[2H]C([2H])([2H])c1cnc(-c2[c-]ccc3c2oc2c4cc(C)sc4ccc32)cc1CC(C)(C)C.[Ir]. The van der Waals surface area contributed by atoms with E-state index in [2.05, 4.69) is 74.1 Å². The number of hydrogen-bond donors (Lipinski definition) is 0. The van der Waals surface area contributed by atoms with E-state index in [1.54, 1.807) is 11.3 Å². The molecule has 0 saturated heterocycles. The number of pyridine rings is 2. The number of benzene rings is 3. The maximum Gasteiger partial charge on any atom is 0.129 e. The van der Waals surface area contributed by atoms with Gasteiger partial charge in [0.25, 0.3) is 0 Å². The van der Waals surface area contributed by atoms with Crippen LogP contribution in [0.15, 0.2) is 89.6 Å². The second-order valence-electron chi connectivity index (χ2n) is 11.9. The van der Waals surface area contributed by atoms with Crippen molar-refractivity contribution in [1.29, 1.82) is 0 Å². The molecule has 4 aromatic heterocycles.